The number of amides is 1. The molecule has 1 unspecified atom stereocenters. The van der Waals surface area contributed by atoms with Crippen LogP contribution < -0.4 is 29.6 Å². The number of nitrogens with zero attached hydrogens (tertiary/aromatic N) is 2. The monoisotopic (exact) mass is 260 g/mol. The van der Waals surface area contributed by atoms with Gasteiger partial charge in [-0.15, -0.1) is 6.08 Å². The van der Waals surface area contributed by atoms with Gasteiger partial charge in [0, 0.05) is 6.20 Å². The van der Waals surface area contributed by atoms with Crippen LogP contribution in [0.3, 0.4) is 0 Å². The Morgan fingerprint density at radius 1 is 1.47 bits per heavy atom. The summed E-state index contributed by atoms with van der Waals surface area (Å²) in [6, 6.07) is 9.81. The van der Waals surface area contributed by atoms with Crippen molar-refractivity contribution in [3.8, 4) is 6.07 Å². The quantitative estimate of drug-likeness (QED) is 0.393. The van der Waals surface area contributed by atoms with E-state index in [1.54, 1.807) is 13.1 Å². The Hall–Kier alpha value is -1.47. The summed E-state index contributed by atoms with van der Waals surface area (Å²) in [5, 5.41) is 9.47. The van der Waals surface area contributed by atoms with Crippen molar-refractivity contribution in [2.45, 2.75) is 12.5 Å². The number of nitriles is 1. The molecule has 0 radical (unpaired) electrons. The molecule has 2 rings (SSSR count). The van der Waals surface area contributed by atoms with Gasteiger partial charge < -0.3 is 4.90 Å². The van der Waals surface area contributed by atoms with Crippen LogP contribution in [0.1, 0.15) is 18.1 Å². The predicted molar refractivity (Wildman–Crippen MR) is 69.8 cm³/mol. The number of carbonyl (C=O) groups is 1. The number of rotatable bonds is 1. The standard InChI is InChI=1S/C15H13N2O.Na/c1-3-6-14(18)17-10-9-12-7-4-5-8-13(12)15(17,2)11-16;/h3-10H,1H2,2H3;/q-1;+1/b6-3-;. The average molecular weight is 260 g/mol. The summed E-state index contributed by atoms with van der Waals surface area (Å²) < 4.78 is 0. The fourth-order valence-corrected chi connectivity index (χ4v) is 2.11. The summed E-state index contributed by atoms with van der Waals surface area (Å²) in [6.45, 7) is 5.24. The first kappa shape index (κ1) is 15.6. The number of allylic oxidation sites excluding steroid dienone is 1. The molecule has 0 saturated carbocycles. The molecule has 0 N–H and O–H groups in total. The largest absolute Gasteiger partial charge is 1.00 e. The van der Waals surface area contributed by atoms with E-state index in [9.17, 15) is 10.1 Å². The summed E-state index contributed by atoms with van der Waals surface area (Å²) >= 11 is 0. The number of hydrogen-bond acceptors (Lipinski definition) is 2. The van der Waals surface area contributed by atoms with E-state index >= 15 is 0 Å². The predicted octanol–water partition coefficient (Wildman–Crippen LogP) is -0.367. The molecule has 4 heteroatoms. The molecule has 3 nitrogen and oxygen atoms in total. The minimum atomic E-state index is -0.984. The van der Waals surface area contributed by atoms with Gasteiger partial charge in [-0.05, 0) is 24.1 Å². The topological polar surface area (TPSA) is 44.1 Å². The molecule has 0 bridgehead atoms. The first-order valence-electron chi connectivity index (χ1n) is 5.61. The van der Waals surface area contributed by atoms with E-state index in [-0.39, 0.29) is 35.5 Å². The Balaban J connectivity index is 0.00000180. The summed E-state index contributed by atoms with van der Waals surface area (Å²) in [5.74, 6) is -0.250. The first-order valence-corrected chi connectivity index (χ1v) is 5.61. The van der Waals surface area contributed by atoms with Crippen LogP contribution in [0, 0.1) is 18.3 Å². The van der Waals surface area contributed by atoms with Gasteiger partial charge in [0.15, 0.2) is 11.4 Å². The van der Waals surface area contributed by atoms with Crippen LogP contribution in [0.25, 0.3) is 6.08 Å². The molecule has 1 atom stereocenters. The molecule has 0 fully saturated rings. The number of benzene rings is 1. The molecule has 0 aliphatic carbocycles. The fourth-order valence-electron chi connectivity index (χ4n) is 2.11. The molecule has 1 aromatic rings. The third-order valence-corrected chi connectivity index (χ3v) is 3.09. The van der Waals surface area contributed by atoms with Gasteiger partial charge in [0.1, 0.15) is 0 Å². The molecule has 0 spiro atoms. The maximum Gasteiger partial charge on any atom is 1.00 e. The molecule has 1 aliphatic heterocycles. The minimum absolute atomic E-state index is 0. The second kappa shape index (κ2) is 6.12. The molecule has 0 aromatic heterocycles. The van der Waals surface area contributed by atoms with Gasteiger partial charge in [-0.2, -0.15) is 5.26 Å². The summed E-state index contributed by atoms with van der Waals surface area (Å²) in [7, 11) is 0. The van der Waals surface area contributed by atoms with E-state index in [0.717, 1.165) is 11.1 Å². The second-order valence-corrected chi connectivity index (χ2v) is 4.20. The van der Waals surface area contributed by atoms with Gasteiger partial charge in [-0.3, -0.25) is 4.79 Å². The molecule has 1 aliphatic rings. The molecule has 90 valence electrons. The van der Waals surface area contributed by atoms with Gasteiger partial charge >= 0.3 is 29.6 Å². The van der Waals surface area contributed by atoms with Crippen molar-refractivity contribution in [2.24, 2.45) is 0 Å². The zero-order chi connectivity index (χ0) is 13.2. The van der Waals surface area contributed by atoms with Crippen molar-refractivity contribution in [3.05, 3.63) is 60.7 Å². The van der Waals surface area contributed by atoms with E-state index in [1.807, 2.05) is 30.3 Å². The Morgan fingerprint density at radius 2 is 2.16 bits per heavy atom. The van der Waals surface area contributed by atoms with Crippen LogP contribution in [0.4, 0.5) is 0 Å². The van der Waals surface area contributed by atoms with E-state index in [0.29, 0.717) is 0 Å². The average Bonchev–Trinajstić information content (AvgIpc) is 2.39. The van der Waals surface area contributed by atoms with Gasteiger partial charge in [-0.1, -0.05) is 24.3 Å². The molecule has 19 heavy (non-hydrogen) atoms. The Kier molecular flexibility index (Phi) is 5.02. The summed E-state index contributed by atoms with van der Waals surface area (Å²) in [5.41, 5.74) is 0.812. The zero-order valence-electron chi connectivity index (χ0n) is 11.1. The molecule has 1 amide bonds. The van der Waals surface area contributed by atoms with Crippen molar-refractivity contribution in [1.82, 2.24) is 4.90 Å². The molecule has 0 saturated heterocycles. The summed E-state index contributed by atoms with van der Waals surface area (Å²) in [6.07, 6.45) is 6.26. The maximum atomic E-state index is 12.0. The van der Waals surface area contributed by atoms with Gasteiger partial charge in [0.25, 0.3) is 0 Å². The van der Waals surface area contributed by atoms with Gasteiger partial charge in [-0.25, -0.2) is 13.0 Å². The maximum absolute atomic E-state index is 12.0. The normalized spacial score (nSPS) is 20.5. The SMILES string of the molecule is [CH2-]/C=C\C(=O)N1C=Cc2ccccc2C1(C)C#N.[Na+]. The third kappa shape index (κ3) is 2.62. The van der Waals surface area contributed by atoms with Crippen LogP contribution >= 0.6 is 0 Å². The molecular formula is C15H13N2NaO. The fraction of sp³-hybridized carbons (Fsp3) is 0.133. The number of carbonyl (C=O) groups excluding carboxylic acids is 1. The van der Waals surface area contributed by atoms with Crippen molar-refractivity contribution in [1.29, 1.82) is 5.26 Å². The van der Waals surface area contributed by atoms with E-state index in [2.05, 4.69) is 13.0 Å². The van der Waals surface area contributed by atoms with Crippen molar-refractivity contribution >= 4 is 12.0 Å². The minimum Gasteiger partial charge on any atom is -0.308 e. The van der Waals surface area contributed by atoms with E-state index in [4.69, 9.17) is 0 Å². The van der Waals surface area contributed by atoms with Gasteiger partial charge in [0.2, 0.25) is 0 Å². The summed E-state index contributed by atoms with van der Waals surface area (Å²) in [4.78, 5) is 13.4. The smallest absolute Gasteiger partial charge is 0.308 e. The van der Waals surface area contributed by atoms with E-state index < -0.39 is 5.54 Å². The van der Waals surface area contributed by atoms with Crippen LogP contribution in [0.15, 0.2) is 42.6 Å². The van der Waals surface area contributed by atoms with Gasteiger partial charge in [0.05, 0.1) is 6.07 Å². The van der Waals surface area contributed by atoms with Crippen LogP contribution in [-0.2, 0) is 10.3 Å². The number of hydrogen-bond donors (Lipinski definition) is 0. The van der Waals surface area contributed by atoms with Crippen LogP contribution in [-0.4, -0.2) is 10.8 Å². The van der Waals surface area contributed by atoms with Crippen LogP contribution in [0.2, 0.25) is 0 Å². The van der Waals surface area contributed by atoms with Crippen molar-refractivity contribution in [2.75, 3.05) is 0 Å². The molecule has 1 aromatic carbocycles. The Bertz CT molecular complexity index is 586. The Labute approximate surface area is 135 Å². The van der Waals surface area contributed by atoms with Crippen molar-refractivity contribution in [3.63, 3.8) is 0 Å². The first-order chi connectivity index (χ1) is 8.63. The Morgan fingerprint density at radius 3 is 2.79 bits per heavy atom. The van der Waals surface area contributed by atoms with Crippen LogP contribution in [0.5, 0.6) is 0 Å². The number of fused-ring (bicyclic) bond motifs is 1. The molecular weight excluding hydrogens is 247 g/mol. The molecule has 1 heterocycles. The van der Waals surface area contributed by atoms with E-state index in [1.165, 1.54) is 17.1 Å². The third-order valence-electron chi connectivity index (χ3n) is 3.09. The van der Waals surface area contributed by atoms with Crippen molar-refractivity contribution < 1.29 is 34.4 Å². The second-order valence-electron chi connectivity index (χ2n) is 4.20. The zero-order valence-corrected chi connectivity index (χ0v) is 13.1.